The number of nitrogens with two attached hydrogens (primary N) is 1. The number of nitrogens with zero attached hydrogens (tertiary/aromatic N) is 2. The van der Waals surface area contributed by atoms with Gasteiger partial charge in [-0.15, -0.1) is 0 Å². The van der Waals surface area contributed by atoms with Crippen molar-refractivity contribution in [2.45, 2.75) is 39.0 Å². The zero-order valence-electron chi connectivity index (χ0n) is 10.9. The van der Waals surface area contributed by atoms with Gasteiger partial charge >= 0.3 is 0 Å². The third kappa shape index (κ3) is 3.11. The highest BCUT2D eigenvalue weighted by molar-refractivity contribution is 5.49. The first kappa shape index (κ1) is 12.2. The molecule has 1 aliphatic carbocycles. The van der Waals surface area contributed by atoms with E-state index in [1.807, 2.05) is 19.1 Å². The summed E-state index contributed by atoms with van der Waals surface area (Å²) < 4.78 is 0. The number of nitrogen functional groups attached to an aromatic ring is 1. The van der Waals surface area contributed by atoms with E-state index in [1.165, 1.54) is 32.1 Å². The van der Waals surface area contributed by atoms with Crippen molar-refractivity contribution >= 4 is 11.5 Å². The van der Waals surface area contributed by atoms with Gasteiger partial charge in [0.25, 0.3) is 0 Å². The molecule has 3 heteroatoms. The fourth-order valence-corrected chi connectivity index (χ4v) is 2.56. The third-order valence-electron chi connectivity index (χ3n) is 3.85. The van der Waals surface area contributed by atoms with E-state index in [9.17, 15) is 0 Å². The Kier molecular flexibility index (Phi) is 3.87. The molecule has 0 amide bonds. The lowest BCUT2D eigenvalue weighted by Crippen LogP contribution is -2.21. The van der Waals surface area contributed by atoms with Gasteiger partial charge in [-0.1, -0.05) is 25.7 Å². The average molecular weight is 233 g/mol. The highest BCUT2D eigenvalue weighted by atomic mass is 15.2. The molecule has 0 radical (unpaired) electrons. The molecule has 1 saturated carbocycles. The molecule has 2 rings (SSSR count). The molecule has 0 atom stereocenters. The van der Waals surface area contributed by atoms with Crippen LogP contribution in [-0.2, 0) is 0 Å². The lowest BCUT2D eigenvalue weighted by molar-refractivity contribution is 0.504. The molecule has 2 N–H and O–H groups in total. The second kappa shape index (κ2) is 5.39. The van der Waals surface area contributed by atoms with Crippen molar-refractivity contribution in [1.29, 1.82) is 0 Å². The second-order valence-electron chi connectivity index (χ2n) is 5.20. The van der Waals surface area contributed by atoms with Crippen molar-refractivity contribution in [3.05, 3.63) is 17.8 Å². The van der Waals surface area contributed by atoms with Crippen molar-refractivity contribution in [2.24, 2.45) is 5.92 Å². The second-order valence-corrected chi connectivity index (χ2v) is 5.20. The summed E-state index contributed by atoms with van der Waals surface area (Å²) in [6, 6.07) is 3.96. The number of pyridine rings is 1. The molecule has 0 unspecified atom stereocenters. The van der Waals surface area contributed by atoms with E-state index in [4.69, 9.17) is 5.73 Å². The largest absolute Gasteiger partial charge is 0.397 e. The molecule has 3 nitrogen and oxygen atoms in total. The van der Waals surface area contributed by atoms with Crippen LogP contribution in [0.4, 0.5) is 11.5 Å². The van der Waals surface area contributed by atoms with Crippen LogP contribution < -0.4 is 10.6 Å². The highest BCUT2D eigenvalue weighted by Gasteiger charge is 2.15. The quantitative estimate of drug-likeness (QED) is 0.869. The van der Waals surface area contributed by atoms with E-state index >= 15 is 0 Å². The van der Waals surface area contributed by atoms with Crippen LogP contribution in [0.1, 0.15) is 37.8 Å². The molecule has 0 saturated heterocycles. The Balaban J connectivity index is 1.89. The van der Waals surface area contributed by atoms with Crippen LogP contribution in [0.25, 0.3) is 0 Å². The molecule has 94 valence electrons. The van der Waals surface area contributed by atoms with Crippen molar-refractivity contribution < 1.29 is 0 Å². The summed E-state index contributed by atoms with van der Waals surface area (Å²) in [5.74, 6) is 1.97. The topological polar surface area (TPSA) is 42.2 Å². The minimum Gasteiger partial charge on any atom is -0.397 e. The Morgan fingerprint density at radius 2 is 2.06 bits per heavy atom. The van der Waals surface area contributed by atoms with E-state index < -0.39 is 0 Å². The molecule has 17 heavy (non-hydrogen) atoms. The smallest absolute Gasteiger partial charge is 0.128 e. The zero-order valence-corrected chi connectivity index (χ0v) is 10.9. The lowest BCUT2D eigenvalue weighted by atomic mass is 10.0. The van der Waals surface area contributed by atoms with Gasteiger partial charge in [-0.25, -0.2) is 4.98 Å². The Hall–Kier alpha value is -1.25. The van der Waals surface area contributed by atoms with E-state index in [0.29, 0.717) is 0 Å². The molecule has 0 bridgehead atoms. The highest BCUT2D eigenvalue weighted by Crippen LogP contribution is 2.28. The van der Waals surface area contributed by atoms with Crippen LogP contribution in [0, 0.1) is 12.8 Å². The number of aryl methyl sites for hydroxylation is 1. The molecule has 0 aliphatic heterocycles. The van der Waals surface area contributed by atoms with Crippen molar-refractivity contribution in [3.8, 4) is 0 Å². The van der Waals surface area contributed by atoms with Crippen LogP contribution >= 0.6 is 0 Å². The SMILES string of the molecule is Cc1nc(N(C)CCC2CCCC2)ccc1N. The van der Waals surface area contributed by atoms with E-state index in [2.05, 4.69) is 16.9 Å². The van der Waals surface area contributed by atoms with Crippen LogP contribution in [0.15, 0.2) is 12.1 Å². The number of hydrogen-bond donors (Lipinski definition) is 1. The minimum atomic E-state index is 0.776. The van der Waals surface area contributed by atoms with E-state index in [-0.39, 0.29) is 0 Å². The van der Waals surface area contributed by atoms with Gasteiger partial charge < -0.3 is 10.6 Å². The van der Waals surface area contributed by atoms with Crippen molar-refractivity contribution in [3.63, 3.8) is 0 Å². The van der Waals surface area contributed by atoms with Gasteiger partial charge in [-0.3, -0.25) is 0 Å². The molecule has 1 aromatic rings. The van der Waals surface area contributed by atoms with Gasteiger partial charge in [-0.2, -0.15) is 0 Å². The fourth-order valence-electron chi connectivity index (χ4n) is 2.56. The van der Waals surface area contributed by atoms with Gasteiger partial charge in [0.1, 0.15) is 5.82 Å². The minimum absolute atomic E-state index is 0.776. The number of hydrogen-bond acceptors (Lipinski definition) is 3. The Morgan fingerprint density at radius 3 is 2.71 bits per heavy atom. The molecule has 1 aromatic heterocycles. The van der Waals surface area contributed by atoms with E-state index in [0.717, 1.165) is 29.7 Å². The van der Waals surface area contributed by atoms with Crippen LogP contribution in [-0.4, -0.2) is 18.6 Å². The summed E-state index contributed by atoms with van der Waals surface area (Å²) in [7, 11) is 2.12. The maximum absolute atomic E-state index is 5.78. The predicted molar refractivity (Wildman–Crippen MR) is 73.2 cm³/mol. The normalized spacial score (nSPS) is 16.4. The third-order valence-corrected chi connectivity index (χ3v) is 3.85. The molecule has 1 aliphatic rings. The first-order chi connectivity index (χ1) is 8.16. The summed E-state index contributed by atoms with van der Waals surface area (Å²) >= 11 is 0. The standard InChI is InChI=1S/C14H23N3/c1-11-13(15)7-8-14(16-11)17(2)10-9-12-5-3-4-6-12/h7-8,12H,3-6,9-10,15H2,1-2H3. The van der Waals surface area contributed by atoms with Gasteiger partial charge in [0.05, 0.1) is 11.4 Å². The summed E-state index contributed by atoms with van der Waals surface area (Å²) in [5.41, 5.74) is 7.48. The van der Waals surface area contributed by atoms with Gasteiger partial charge in [0.15, 0.2) is 0 Å². The summed E-state index contributed by atoms with van der Waals surface area (Å²) in [5, 5.41) is 0. The first-order valence-corrected chi connectivity index (χ1v) is 6.61. The van der Waals surface area contributed by atoms with Gasteiger partial charge in [-0.05, 0) is 31.4 Å². The predicted octanol–water partition coefficient (Wildman–Crippen LogP) is 2.99. The Morgan fingerprint density at radius 1 is 1.35 bits per heavy atom. The Bertz CT molecular complexity index is 370. The van der Waals surface area contributed by atoms with E-state index in [1.54, 1.807) is 0 Å². The maximum Gasteiger partial charge on any atom is 0.128 e. The zero-order chi connectivity index (χ0) is 12.3. The molecule has 1 heterocycles. The summed E-state index contributed by atoms with van der Waals surface area (Å²) in [6.45, 7) is 3.06. The maximum atomic E-state index is 5.78. The number of aromatic nitrogens is 1. The molecule has 1 fully saturated rings. The van der Waals surface area contributed by atoms with Crippen LogP contribution in [0.3, 0.4) is 0 Å². The Labute approximate surface area is 104 Å². The molecular formula is C14H23N3. The summed E-state index contributed by atoms with van der Waals surface area (Å²) in [6.07, 6.45) is 6.98. The van der Waals surface area contributed by atoms with Crippen LogP contribution in [0.5, 0.6) is 0 Å². The monoisotopic (exact) mass is 233 g/mol. The lowest BCUT2D eigenvalue weighted by Gasteiger charge is -2.20. The molecular weight excluding hydrogens is 210 g/mol. The van der Waals surface area contributed by atoms with Gasteiger partial charge in [0.2, 0.25) is 0 Å². The van der Waals surface area contributed by atoms with Crippen molar-refractivity contribution in [2.75, 3.05) is 24.2 Å². The summed E-state index contributed by atoms with van der Waals surface area (Å²) in [4.78, 5) is 6.76. The van der Waals surface area contributed by atoms with Crippen molar-refractivity contribution in [1.82, 2.24) is 4.98 Å². The molecule has 0 spiro atoms. The first-order valence-electron chi connectivity index (χ1n) is 6.61. The number of rotatable bonds is 4. The molecule has 0 aromatic carbocycles. The van der Waals surface area contributed by atoms with Crippen LogP contribution in [0.2, 0.25) is 0 Å². The number of anilines is 2. The average Bonchev–Trinajstić information content (AvgIpc) is 2.82. The van der Waals surface area contributed by atoms with Gasteiger partial charge in [0, 0.05) is 13.6 Å². The fraction of sp³-hybridized carbons (Fsp3) is 0.643.